The molecule has 2 aromatic rings. The van der Waals surface area contributed by atoms with Crippen molar-refractivity contribution in [2.24, 2.45) is 4.99 Å². The summed E-state index contributed by atoms with van der Waals surface area (Å²) in [5.41, 5.74) is 3.50. The van der Waals surface area contributed by atoms with Crippen LogP contribution in [-0.2, 0) is 4.79 Å². The summed E-state index contributed by atoms with van der Waals surface area (Å²) in [6.07, 6.45) is 0.866. The Hall–Kier alpha value is -2.69. The number of hydrogen-bond donors (Lipinski definition) is 0. The van der Waals surface area contributed by atoms with E-state index >= 15 is 0 Å². The molecule has 5 heteroatoms. The van der Waals surface area contributed by atoms with Crippen molar-refractivity contribution in [1.29, 1.82) is 0 Å². The molecule has 1 amide bonds. The summed E-state index contributed by atoms with van der Waals surface area (Å²) in [6, 6.07) is 9.81. The Bertz CT molecular complexity index is 948. The Morgan fingerprint density at radius 1 is 1.26 bits per heavy atom. The van der Waals surface area contributed by atoms with Crippen molar-refractivity contribution in [3.05, 3.63) is 53.3 Å². The highest BCUT2D eigenvalue weighted by molar-refractivity contribution is 6.55. The lowest BCUT2D eigenvalue weighted by atomic mass is 9.80. The Kier molecular flexibility index (Phi) is 4.06. The largest absolute Gasteiger partial charge is 0.494 e. The van der Waals surface area contributed by atoms with Crippen molar-refractivity contribution < 1.29 is 13.9 Å². The van der Waals surface area contributed by atoms with Crippen LogP contribution in [0.5, 0.6) is 5.75 Å². The predicted molar refractivity (Wildman–Crippen MR) is 105 cm³/mol. The SMILES string of the molecule is CCOc1cc2c3c(c1)C(C)CC(C)(C)N3C(=O)C2=Nc1ccc(F)cc1. The van der Waals surface area contributed by atoms with Crippen LogP contribution in [0.1, 0.15) is 51.2 Å². The van der Waals surface area contributed by atoms with Crippen LogP contribution in [0.2, 0.25) is 0 Å². The Balaban J connectivity index is 1.94. The van der Waals surface area contributed by atoms with E-state index in [0.29, 0.717) is 23.9 Å². The lowest BCUT2D eigenvalue weighted by molar-refractivity contribution is -0.113. The number of rotatable bonds is 3. The smallest absolute Gasteiger partial charge is 0.278 e. The molecule has 0 aromatic heterocycles. The second-order valence-corrected chi connectivity index (χ2v) is 7.84. The van der Waals surface area contributed by atoms with Crippen LogP contribution in [0.15, 0.2) is 41.4 Å². The molecule has 2 aliphatic heterocycles. The number of benzene rings is 2. The lowest BCUT2D eigenvalue weighted by Crippen LogP contribution is -2.50. The summed E-state index contributed by atoms with van der Waals surface area (Å²) >= 11 is 0. The minimum absolute atomic E-state index is 0.110. The molecule has 0 N–H and O–H groups in total. The van der Waals surface area contributed by atoms with Gasteiger partial charge in [0.25, 0.3) is 5.91 Å². The standard InChI is InChI=1S/C22H23FN2O2/c1-5-27-16-10-17-13(2)12-22(3,4)25-20(17)18(11-16)19(21(25)26)24-15-8-6-14(23)7-9-15/h6-11,13H,5,12H2,1-4H3. The van der Waals surface area contributed by atoms with Gasteiger partial charge in [0.15, 0.2) is 0 Å². The van der Waals surface area contributed by atoms with Gasteiger partial charge in [-0.05, 0) is 75.1 Å². The van der Waals surface area contributed by atoms with Crippen LogP contribution in [0.3, 0.4) is 0 Å². The second-order valence-electron chi connectivity index (χ2n) is 7.84. The minimum Gasteiger partial charge on any atom is -0.494 e. The van der Waals surface area contributed by atoms with E-state index in [-0.39, 0.29) is 17.3 Å². The maximum atomic E-state index is 13.3. The number of aliphatic imine (C=N–C) groups is 1. The molecule has 0 radical (unpaired) electrons. The van der Waals surface area contributed by atoms with E-state index < -0.39 is 0 Å². The topological polar surface area (TPSA) is 41.9 Å². The van der Waals surface area contributed by atoms with E-state index in [9.17, 15) is 9.18 Å². The summed E-state index contributed by atoms with van der Waals surface area (Å²) in [5, 5.41) is 0. The number of anilines is 1. The number of nitrogens with zero attached hydrogens (tertiary/aromatic N) is 2. The molecule has 0 bridgehead atoms. The van der Waals surface area contributed by atoms with Gasteiger partial charge in [-0.2, -0.15) is 0 Å². The van der Waals surface area contributed by atoms with Crippen molar-refractivity contribution in [2.75, 3.05) is 11.5 Å². The van der Waals surface area contributed by atoms with Gasteiger partial charge in [0.05, 0.1) is 18.0 Å². The van der Waals surface area contributed by atoms with Crippen LogP contribution in [0.25, 0.3) is 0 Å². The van der Waals surface area contributed by atoms with Crippen molar-refractivity contribution in [3.8, 4) is 5.75 Å². The molecule has 0 saturated heterocycles. The van der Waals surface area contributed by atoms with Gasteiger partial charge in [0.2, 0.25) is 0 Å². The third kappa shape index (κ3) is 2.82. The fraction of sp³-hybridized carbons (Fsp3) is 0.364. The first-order chi connectivity index (χ1) is 12.8. The maximum Gasteiger partial charge on any atom is 0.278 e. The molecule has 4 rings (SSSR count). The van der Waals surface area contributed by atoms with Crippen LogP contribution in [0.4, 0.5) is 15.8 Å². The van der Waals surface area contributed by atoms with Gasteiger partial charge in [-0.15, -0.1) is 0 Å². The van der Waals surface area contributed by atoms with E-state index in [4.69, 9.17) is 4.74 Å². The maximum absolute atomic E-state index is 13.3. The van der Waals surface area contributed by atoms with E-state index in [0.717, 1.165) is 29.0 Å². The second kappa shape index (κ2) is 6.19. The quantitative estimate of drug-likeness (QED) is 0.769. The zero-order chi connectivity index (χ0) is 19.3. The average molecular weight is 366 g/mol. The van der Waals surface area contributed by atoms with Crippen molar-refractivity contribution in [1.82, 2.24) is 0 Å². The molecule has 2 heterocycles. The number of ether oxygens (including phenoxy) is 1. The van der Waals surface area contributed by atoms with Gasteiger partial charge in [0, 0.05) is 11.1 Å². The van der Waals surface area contributed by atoms with Crippen molar-refractivity contribution >= 4 is 23.0 Å². The highest BCUT2D eigenvalue weighted by Gasteiger charge is 2.48. The van der Waals surface area contributed by atoms with Crippen LogP contribution >= 0.6 is 0 Å². The van der Waals surface area contributed by atoms with Gasteiger partial charge in [0.1, 0.15) is 17.3 Å². The molecule has 0 saturated carbocycles. The van der Waals surface area contributed by atoms with E-state index in [2.05, 4.69) is 25.8 Å². The number of halogens is 1. The summed E-state index contributed by atoms with van der Waals surface area (Å²) in [7, 11) is 0. The summed E-state index contributed by atoms with van der Waals surface area (Å²) in [5.74, 6) is 0.622. The van der Waals surface area contributed by atoms with Gasteiger partial charge < -0.3 is 9.64 Å². The molecule has 2 aliphatic rings. The summed E-state index contributed by atoms with van der Waals surface area (Å²) in [4.78, 5) is 19.8. The molecular weight excluding hydrogens is 343 g/mol. The molecule has 0 aliphatic carbocycles. The number of carbonyl (C=O) groups excluding carboxylic acids is 1. The molecule has 27 heavy (non-hydrogen) atoms. The zero-order valence-electron chi connectivity index (χ0n) is 16.0. The number of carbonyl (C=O) groups is 1. The van der Waals surface area contributed by atoms with Gasteiger partial charge in [-0.3, -0.25) is 4.79 Å². The fourth-order valence-electron chi connectivity index (χ4n) is 4.29. The van der Waals surface area contributed by atoms with Crippen LogP contribution < -0.4 is 9.64 Å². The molecule has 2 aromatic carbocycles. The monoisotopic (exact) mass is 366 g/mol. The lowest BCUT2D eigenvalue weighted by Gasteiger charge is -2.43. The highest BCUT2D eigenvalue weighted by atomic mass is 19.1. The Morgan fingerprint density at radius 3 is 2.63 bits per heavy atom. The molecular formula is C22H23FN2O2. The van der Waals surface area contributed by atoms with Crippen LogP contribution in [0, 0.1) is 5.82 Å². The predicted octanol–water partition coefficient (Wildman–Crippen LogP) is 4.98. The molecule has 0 spiro atoms. The number of amides is 1. The molecule has 1 atom stereocenters. The summed E-state index contributed by atoms with van der Waals surface area (Å²) in [6.45, 7) is 8.86. The first kappa shape index (κ1) is 17.7. The summed E-state index contributed by atoms with van der Waals surface area (Å²) < 4.78 is 19.0. The zero-order valence-corrected chi connectivity index (χ0v) is 16.0. The number of hydrogen-bond acceptors (Lipinski definition) is 3. The fourth-order valence-corrected chi connectivity index (χ4v) is 4.29. The highest BCUT2D eigenvalue weighted by Crippen LogP contribution is 2.50. The Morgan fingerprint density at radius 2 is 1.96 bits per heavy atom. The molecule has 4 nitrogen and oxygen atoms in total. The molecule has 140 valence electrons. The van der Waals surface area contributed by atoms with E-state index in [1.54, 1.807) is 12.1 Å². The first-order valence-corrected chi connectivity index (χ1v) is 9.31. The third-order valence-corrected chi connectivity index (χ3v) is 5.32. The van der Waals surface area contributed by atoms with Gasteiger partial charge in [-0.1, -0.05) is 6.92 Å². The van der Waals surface area contributed by atoms with Gasteiger partial charge >= 0.3 is 0 Å². The van der Waals surface area contributed by atoms with Crippen LogP contribution in [-0.4, -0.2) is 23.8 Å². The third-order valence-electron chi connectivity index (χ3n) is 5.32. The Labute approximate surface area is 158 Å². The minimum atomic E-state index is -0.326. The average Bonchev–Trinajstić information content (AvgIpc) is 2.88. The molecule has 1 unspecified atom stereocenters. The molecule has 0 fully saturated rings. The van der Waals surface area contributed by atoms with Crippen molar-refractivity contribution in [2.45, 2.75) is 45.6 Å². The van der Waals surface area contributed by atoms with E-state index in [1.807, 2.05) is 24.0 Å². The van der Waals surface area contributed by atoms with Gasteiger partial charge in [-0.25, -0.2) is 9.38 Å². The first-order valence-electron chi connectivity index (χ1n) is 9.31. The van der Waals surface area contributed by atoms with Crippen molar-refractivity contribution in [3.63, 3.8) is 0 Å². The normalized spacial score (nSPS) is 21.5. The van der Waals surface area contributed by atoms with E-state index in [1.165, 1.54) is 12.1 Å².